The van der Waals surface area contributed by atoms with Crippen molar-refractivity contribution in [3.05, 3.63) is 20.8 Å². The van der Waals surface area contributed by atoms with E-state index < -0.39 is 0 Å². The fourth-order valence-electron chi connectivity index (χ4n) is 3.88. The maximum absolute atomic E-state index is 13.2. The highest BCUT2D eigenvalue weighted by molar-refractivity contribution is 7.18. The average Bonchev–Trinajstić information content (AvgIpc) is 3.07. The lowest BCUT2D eigenvalue weighted by Crippen LogP contribution is -2.43. The summed E-state index contributed by atoms with van der Waals surface area (Å²) in [5.41, 5.74) is 1.24. The van der Waals surface area contributed by atoms with Gasteiger partial charge in [-0.3, -0.25) is 14.2 Å². The molecule has 146 valence electrons. The van der Waals surface area contributed by atoms with Gasteiger partial charge in [-0.15, -0.1) is 11.3 Å². The lowest BCUT2D eigenvalue weighted by Gasteiger charge is -2.27. The number of rotatable bonds is 5. The molecule has 0 aromatic carbocycles. The fourth-order valence-corrected chi connectivity index (χ4v) is 5.14. The number of hydrogen-bond acceptors (Lipinski definition) is 6. The Hall–Kier alpha value is -1.93. The number of aromatic nitrogens is 2. The van der Waals surface area contributed by atoms with Crippen LogP contribution in [0, 0.1) is 0 Å². The highest BCUT2D eigenvalue weighted by atomic mass is 32.1. The Morgan fingerprint density at radius 1 is 1.26 bits per heavy atom. The second-order valence-corrected chi connectivity index (χ2v) is 8.21. The molecular weight excluding hydrogens is 364 g/mol. The van der Waals surface area contributed by atoms with Gasteiger partial charge in [0.15, 0.2) is 0 Å². The zero-order chi connectivity index (χ0) is 18.8. The van der Waals surface area contributed by atoms with E-state index in [9.17, 15) is 9.59 Å². The van der Waals surface area contributed by atoms with Gasteiger partial charge in [-0.25, -0.2) is 4.98 Å². The summed E-state index contributed by atoms with van der Waals surface area (Å²) in [6, 6.07) is 0. The van der Waals surface area contributed by atoms with Crippen molar-refractivity contribution in [1.82, 2.24) is 14.5 Å². The van der Waals surface area contributed by atoms with Crippen molar-refractivity contribution in [3.8, 4) is 0 Å². The number of nitrogens with zero attached hydrogens (tertiary/aromatic N) is 3. The van der Waals surface area contributed by atoms with E-state index in [0.29, 0.717) is 38.8 Å². The highest BCUT2D eigenvalue weighted by Gasteiger charge is 2.23. The number of morpholine rings is 1. The Labute approximate surface area is 162 Å². The third-order valence-electron chi connectivity index (χ3n) is 5.28. The van der Waals surface area contributed by atoms with Gasteiger partial charge in [-0.1, -0.05) is 6.92 Å². The SMILES string of the molecule is CCCn1c(NCC(=O)N2CCOCC2)nc2sc3c(c2c1=O)CCCC3. The standard InChI is InChI=1S/C19H26N4O3S/c1-2-7-23-18(25)16-13-5-3-4-6-14(13)27-17(16)21-19(23)20-12-15(24)22-8-10-26-11-9-22/h2-12H2,1H3,(H,20,21). The minimum absolute atomic E-state index is 0.0150. The lowest BCUT2D eigenvalue weighted by molar-refractivity contribution is -0.133. The second-order valence-electron chi connectivity index (χ2n) is 7.13. The molecule has 7 nitrogen and oxygen atoms in total. The van der Waals surface area contributed by atoms with Crippen LogP contribution >= 0.6 is 11.3 Å². The number of ether oxygens (including phenoxy) is 1. The van der Waals surface area contributed by atoms with Crippen molar-refractivity contribution >= 4 is 33.4 Å². The van der Waals surface area contributed by atoms with Gasteiger partial charge in [0.05, 0.1) is 25.1 Å². The summed E-state index contributed by atoms with van der Waals surface area (Å²) >= 11 is 1.64. The Bertz CT molecular complexity index is 898. The van der Waals surface area contributed by atoms with Crippen molar-refractivity contribution in [2.45, 2.75) is 45.6 Å². The first kappa shape index (κ1) is 18.4. The van der Waals surface area contributed by atoms with E-state index in [-0.39, 0.29) is 18.0 Å². The molecule has 2 aromatic heterocycles. The Morgan fingerprint density at radius 2 is 2.04 bits per heavy atom. The smallest absolute Gasteiger partial charge is 0.263 e. The number of carbonyl (C=O) groups excluding carboxylic acids is 1. The topological polar surface area (TPSA) is 76.5 Å². The Balaban J connectivity index is 1.64. The van der Waals surface area contributed by atoms with Crippen molar-refractivity contribution in [2.75, 3.05) is 38.2 Å². The molecule has 4 rings (SSSR count). The van der Waals surface area contributed by atoms with Crippen LogP contribution in [-0.4, -0.2) is 53.2 Å². The number of amides is 1. The van der Waals surface area contributed by atoms with Gasteiger partial charge in [0.2, 0.25) is 11.9 Å². The molecule has 1 N–H and O–H groups in total. The minimum atomic E-state index is 0.0150. The summed E-state index contributed by atoms with van der Waals surface area (Å²) in [7, 11) is 0. The van der Waals surface area contributed by atoms with Crippen LogP contribution in [0.3, 0.4) is 0 Å². The number of hydrogen-bond donors (Lipinski definition) is 1. The largest absolute Gasteiger partial charge is 0.378 e. The molecule has 0 radical (unpaired) electrons. The van der Waals surface area contributed by atoms with Crippen LogP contribution in [0.25, 0.3) is 10.2 Å². The maximum Gasteiger partial charge on any atom is 0.263 e. The molecule has 2 aliphatic rings. The Kier molecular flexibility index (Phi) is 5.45. The molecule has 8 heteroatoms. The first-order valence-corrected chi connectivity index (χ1v) is 10.6. The van der Waals surface area contributed by atoms with Gasteiger partial charge in [0, 0.05) is 24.5 Å². The number of carbonyl (C=O) groups is 1. The van der Waals surface area contributed by atoms with E-state index in [1.165, 1.54) is 16.9 Å². The summed E-state index contributed by atoms with van der Waals surface area (Å²) < 4.78 is 7.00. The van der Waals surface area contributed by atoms with Gasteiger partial charge in [-0.2, -0.15) is 0 Å². The average molecular weight is 391 g/mol. The molecule has 0 bridgehead atoms. The molecule has 1 aliphatic heterocycles. The minimum Gasteiger partial charge on any atom is -0.378 e. The quantitative estimate of drug-likeness (QED) is 0.845. The fraction of sp³-hybridized carbons (Fsp3) is 0.632. The van der Waals surface area contributed by atoms with Crippen molar-refractivity contribution < 1.29 is 9.53 Å². The van der Waals surface area contributed by atoms with Crippen LogP contribution < -0.4 is 10.9 Å². The number of fused-ring (bicyclic) bond motifs is 3. The molecule has 0 spiro atoms. The van der Waals surface area contributed by atoms with E-state index in [4.69, 9.17) is 9.72 Å². The zero-order valence-electron chi connectivity index (χ0n) is 15.8. The lowest BCUT2D eigenvalue weighted by atomic mass is 9.97. The van der Waals surface area contributed by atoms with Gasteiger partial charge < -0.3 is 15.0 Å². The maximum atomic E-state index is 13.2. The molecule has 1 saturated heterocycles. The molecule has 0 unspecified atom stereocenters. The molecule has 1 fully saturated rings. The van der Waals surface area contributed by atoms with Crippen LogP contribution in [0.1, 0.15) is 36.6 Å². The van der Waals surface area contributed by atoms with Crippen molar-refractivity contribution in [1.29, 1.82) is 0 Å². The molecule has 1 amide bonds. The molecule has 3 heterocycles. The number of nitrogens with one attached hydrogen (secondary N) is 1. The van der Waals surface area contributed by atoms with Gasteiger partial charge in [0.1, 0.15) is 4.83 Å². The van der Waals surface area contributed by atoms with Gasteiger partial charge in [-0.05, 0) is 37.7 Å². The van der Waals surface area contributed by atoms with E-state index >= 15 is 0 Å². The second kappa shape index (κ2) is 7.98. The molecular formula is C19H26N4O3S. The van der Waals surface area contributed by atoms with E-state index in [0.717, 1.165) is 35.9 Å². The first-order chi connectivity index (χ1) is 13.2. The van der Waals surface area contributed by atoms with Gasteiger partial charge >= 0.3 is 0 Å². The predicted octanol–water partition coefficient (Wildman–Crippen LogP) is 2.02. The number of thiophene rings is 1. The highest BCUT2D eigenvalue weighted by Crippen LogP contribution is 2.34. The number of aryl methyl sites for hydroxylation is 2. The molecule has 2 aromatic rings. The summed E-state index contributed by atoms with van der Waals surface area (Å²) in [6.45, 7) is 5.18. The van der Waals surface area contributed by atoms with E-state index in [1.54, 1.807) is 20.8 Å². The third-order valence-corrected chi connectivity index (χ3v) is 6.47. The predicted molar refractivity (Wildman–Crippen MR) is 107 cm³/mol. The summed E-state index contributed by atoms with van der Waals surface area (Å²) in [5, 5.41) is 3.93. The molecule has 27 heavy (non-hydrogen) atoms. The van der Waals surface area contributed by atoms with Crippen molar-refractivity contribution in [2.24, 2.45) is 0 Å². The van der Waals surface area contributed by atoms with E-state index in [1.807, 2.05) is 6.92 Å². The molecule has 0 saturated carbocycles. The first-order valence-electron chi connectivity index (χ1n) is 9.83. The van der Waals surface area contributed by atoms with Crippen LogP contribution in [0.5, 0.6) is 0 Å². The van der Waals surface area contributed by atoms with Gasteiger partial charge in [0.25, 0.3) is 5.56 Å². The van der Waals surface area contributed by atoms with Crippen LogP contribution in [-0.2, 0) is 28.9 Å². The normalized spacial score (nSPS) is 17.1. The van der Waals surface area contributed by atoms with Crippen molar-refractivity contribution in [3.63, 3.8) is 0 Å². The third kappa shape index (κ3) is 3.60. The van der Waals surface area contributed by atoms with Crippen LogP contribution in [0.2, 0.25) is 0 Å². The molecule has 0 atom stereocenters. The van der Waals surface area contributed by atoms with Crippen LogP contribution in [0.15, 0.2) is 4.79 Å². The number of anilines is 1. The Morgan fingerprint density at radius 3 is 2.81 bits per heavy atom. The zero-order valence-corrected chi connectivity index (χ0v) is 16.6. The molecule has 1 aliphatic carbocycles. The van der Waals surface area contributed by atoms with Crippen LogP contribution in [0.4, 0.5) is 5.95 Å². The summed E-state index contributed by atoms with van der Waals surface area (Å²) in [6.07, 6.45) is 5.18. The van der Waals surface area contributed by atoms with E-state index in [2.05, 4.69) is 5.32 Å². The summed E-state index contributed by atoms with van der Waals surface area (Å²) in [5.74, 6) is 0.524. The summed E-state index contributed by atoms with van der Waals surface area (Å²) in [4.78, 5) is 34.3. The monoisotopic (exact) mass is 390 g/mol.